The second-order valence-corrected chi connectivity index (χ2v) is 14.7. The molecule has 5 N–H and O–H groups in total. The Balaban J connectivity index is 1.34. The SMILES string of the molecule is Cc1c(COc2cc(OCc3cncc(C#N)c3)c(CN(C)C[C@@H](O)C([SiH3])[C@H](O)[C@@H](O)[C@@H](O)CO)cc2Cl)cccc1-c1ccc2c(c1)OCCO2. The summed E-state index contributed by atoms with van der Waals surface area (Å²) in [7, 11) is 2.09. The fourth-order valence-corrected chi connectivity index (χ4v) is 6.81. The van der Waals surface area contributed by atoms with Crippen molar-refractivity contribution in [2.24, 2.45) is 0 Å². The molecule has 276 valence electrons. The molecule has 0 spiro atoms. The number of aliphatic hydroxyl groups is 5. The number of ether oxygens (including phenoxy) is 4. The molecule has 14 heteroatoms. The molecular formula is C38H44ClN3O9Si. The Labute approximate surface area is 310 Å². The van der Waals surface area contributed by atoms with Crippen molar-refractivity contribution in [1.82, 2.24) is 9.88 Å². The van der Waals surface area contributed by atoms with Crippen molar-refractivity contribution < 1.29 is 44.5 Å². The lowest BCUT2D eigenvalue weighted by atomic mass is 9.96. The van der Waals surface area contributed by atoms with Gasteiger partial charge in [0.2, 0.25) is 0 Å². The van der Waals surface area contributed by atoms with Crippen LogP contribution in [-0.2, 0) is 19.8 Å². The number of fused-ring (bicyclic) bond motifs is 1. The highest BCUT2D eigenvalue weighted by Crippen LogP contribution is 2.38. The fraction of sp³-hybridized carbons (Fsp3) is 0.368. The molecule has 2 heterocycles. The van der Waals surface area contributed by atoms with Crippen molar-refractivity contribution in [2.45, 2.75) is 56.6 Å². The Hall–Kier alpha value is -4.23. The number of aliphatic hydroxyl groups excluding tert-OH is 5. The molecule has 1 unspecified atom stereocenters. The fourth-order valence-electron chi connectivity index (χ4n) is 5.97. The van der Waals surface area contributed by atoms with Gasteiger partial charge in [0.05, 0.1) is 29.4 Å². The number of likely N-dealkylation sites (N-methyl/N-ethyl adjacent to an activating group) is 1. The van der Waals surface area contributed by atoms with Gasteiger partial charge < -0.3 is 44.5 Å². The van der Waals surface area contributed by atoms with E-state index in [1.54, 1.807) is 31.4 Å². The van der Waals surface area contributed by atoms with Crippen molar-refractivity contribution >= 4 is 21.8 Å². The normalized spacial score (nSPS) is 15.4. The summed E-state index contributed by atoms with van der Waals surface area (Å²) in [4.78, 5) is 5.94. The number of rotatable bonds is 16. The molecule has 5 atom stereocenters. The molecule has 52 heavy (non-hydrogen) atoms. The summed E-state index contributed by atoms with van der Waals surface area (Å²) >= 11 is 6.80. The van der Waals surface area contributed by atoms with Crippen molar-refractivity contribution in [1.29, 1.82) is 5.26 Å². The molecule has 0 radical (unpaired) electrons. The van der Waals surface area contributed by atoms with Crippen LogP contribution in [0.3, 0.4) is 0 Å². The third-order valence-electron chi connectivity index (χ3n) is 9.13. The lowest BCUT2D eigenvalue weighted by molar-refractivity contribution is -0.0884. The second-order valence-electron chi connectivity index (χ2n) is 13.0. The summed E-state index contributed by atoms with van der Waals surface area (Å²) in [6.07, 6.45) is -2.46. The molecule has 12 nitrogen and oxygen atoms in total. The first kappa shape index (κ1) is 39.0. The van der Waals surface area contributed by atoms with E-state index >= 15 is 0 Å². The number of hydrogen-bond donors (Lipinski definition) is 5. The summed E-state index contributed by atoms with van der Waals surface area (Å²) in [5.41, 5.74) is 5.12. The van der Waals surface area contributed by atoms with Gasteiger partial charge in [-0.15, -0.1) is 0 Å². The first-order valence-corrected chi connectivity index (χ1v) is 18.4. The van der Waals surface area contributed by atoms with E-state index in [1.807, 2.05) is 48.2 Å². The van der Waals surface area contributed by atoms with E-state index < -0.39 is 36.6 Å². The van der Waals surface area contributed by atoms with Crippen LogP contribution in [0.5, 0.6) is 23.0 Å². The van der Waals surface area contributed by atoms with E-state index in [2.05, 4.69) is 11.1 Å². The van der Waals surface area contributed by atoms with Crippen molar-refractivity contribution in [3.8, 4) is 40.2 Å². The molecule has 1 aliphatic rings. The summed E-state index contributed by atoms with van der Waals surface area (Å²) in [5, 5.41) is 60.1. The van der Waals surface area contributed by atoms with Crippen LogP contribution >= 0.6 is 11.6 Å². The van der Waals surface area contributed by atoms with Gasteiger partial charge in [0.25, 0.3) is 0 Å². The largest absolute Gasteiger partial charge is 0.488 e. The van der Waals surface area contributed by atoms with Gasteiger partial charge in [-0.25, -0.2) is 0 Å². The van der Waals surface area contributed by atoms with Crippen LogP contribution in [0.25, 0.3) is 11.1 Å². The van der Waals surface area contributed by atoms with Crippen LogP contribution in [-0.4, -0.2) is 103 Å². The average Bonchev–Trinajstić information content (AvgIpc) is 3.16. The molecule has 0 aliphatic carbocycles. The maximum atomic E-state index is 10.9. The number of nitriles is 1. The summed E-state index contributed by atoms with van der Waals surface area (Å²) in [6.45, 7) is 3.09. The van der Waals surface area contributed by atoms with Gasteiger partial charge >= 0.3 is 0 Å². The van der Waals surface area contributed by atoms with Gasteiger partial charge in [0.1, 0.15) is 56.2 Å². The highest BCUT2D eigenvalue weighted by Gasteiger charge is 2.33. The quantitative estimate of drug-likeness (QED) is 0.106. The van der Waals surface area contributed by atoms with Crippen LogP contribution < -0.4 is 18.9 Å². The Bertz CT molecular complexity index is 1880. The molecule has 0 amide bonds. The smallest absolute Gasteiger partial charge is 0.161 e. The van der Waals surface area contributed by atoms with Crippen molar-refractivity contribution in [2.75, 3.05) is 33.4 Å². The number of aromatic nitrogens is 1. The predicted octanol–water partition coefficient (Wildman–Crippen LogP) is 2.53. The Morgan fingerprint density at radius 3 is 2.42 bits per heavy atom. The Morgan fingerprint density at radius 1 is 0.923 bits per heavy atom. The molecule has 1 aromatic heterocycles. The van der Waals surface area contributed by atoms with E-state index in [1.165, 1.54) is 6.20 Å². The zero-order valence-corrected chi connectivity index (χ0v) is 32.0. The molecule has 4 aromatic rings. The molecular weight excluding hydrogens is 706 g/mol. The molecule has 1 aliphatic heterocycles. The Morgan fingerprint density at radius 2 is 1.67 bits per heavy atom. The first-order chi connectivity index (χ1) is 25.0. The summed E-state index contributed by atoms with van der Waals surface area (Å²) in [6, 6.07) is 19.2. The maximum absolute atomic E-state index is 10.9. The number of nitrogens with zero attached hydrogens (tertiary/aromatic N) is 3. The van der Waals surface area contributed by atoms with Gasteiger partial charge in [-0.2, -0.15) is 5.26 Å². The van der Waals surface area contributed by atoms with E-state index in [0.717, 1.165) is 28.0 Å². The van der Waals surface area contributed by atoms with E-state index in [4.69, 9.17) is 35.7 Å². The van der Waals surface area contributed by atoms with E-state index in [-0.39, 0.29) is 26.3 Å². The zero-order chi connectivity index (χ0) is 37.4. The van der Waals surface area contributed by atoms with Gasteiger partial charge in [-0.05, 0) is 60.5 Å². The van der Waals surface area contributed by atoms with Crippen molar-refractivity contribution in [3.63, 3.8) is 0 Å². The number of benzene rings is 3. The predicted molar refractivity (Wildman–Crippen MR) is 198 cm³/mol. The standard InChI is InChI=1S/C38H44ClN3O9Si/c1-22-26(4-3-5-28(22)25-6-7-32-35(12-25)49-9-8-48-32)21-51-34-13-33(50-20-24-10-23(14-40)15-41-16-24)27(11-29(34)39)17-42(2)18-30(44)38(52)37(47)36(46)31(45)19-43/h3-7,10-13,15-16,30-31,36-38,43-47H,8-9,17-21H2,1-2,52H3/t30-,31+,36+,37-,38?/m1/s1. The average molecular weight is 750 g/mol. The summed E-state index contributed by atoms with van der Waals surface area (Å²) in [5.74, 6) is 2.30. The first-order valence-electron chi connectivity index (χ1n) is 16.9. The van der Waals surface area contributed by atoms with Gasteiger partial charge in [0.15, 0.2) is 11.5 Å². The number of hydrogen-bond acceptors (Lipinski definition) is 12. The minimum Gasteiger partial charge on any atom is -0.488 e. The van der Waals surface area contributed by atoms with Crippen LogP contribution in [0.1, 0.15) is 27.8 Å². The highest BCUT2D eigenvalue weighted by atomic mass is 35.5. The molecule has 0 saturated carbocycles. The molecule has 0 fully saturated rings. The number of halogens is 1. The monoisotopic (exact) mass is 749 g/mol. The summed E-state index contributed by atoms with van der Waals surface area (Å²) < 4.78 is 24.0. The third-order valence-corrected chi connectivity index (χ3v) is 10.9. The van der Waals surface area contributed by atoms with Crippen molar-refractivity contribution in [3.05, 3.63) is 99.8 Å². The van der Waals surface area contributed by atoms with E-state index in [9.17, 15) is 25.7 Å². The molecule has 0 bridgehead atoms. The lowest BCUT2D eigenvalue weighted by Gasteiger charge is -2.31. The van der Waals surface area contributed by atoms with Crippen LogP contribution in [0, 0.1) is 18.3 Å². The minimum absolute atomic E-state index is 0.111. The highest BCUT2D eigenvalue weighted by molar-refractivity contribution is 6.32. The number of pyridine rings is 1. The van der Waals surface area contributed by atoms with E-state index in [0.29, 0.717) is 62.4 Å². The lowest BCUT2D eigenvalue weighted by Crippen LogP contribution is -2.46. The van der Waals surface area contributed by atoms with Gasteiger partial charge in [-0.1, -0.05) is 35.9 Å². The van der Waals surface area contributed by atoms with Gasteiger partial charge in [-0.3, -0.25) is 9.88 Å². The topological polar surface area (TPSA) is 178 Å². The zero-order valence-electron chi connectivity index (χ0n) is 29.3. The van der Waals surface area contributed by atoms with Crippen LogP contribution in [0.2, 0.25) is 10.6 Å². The minimum atomic E-state index is -1.59. The van der Waals surface area contributed by atoms with Gasteiger partial charge in [0, 0.05) is 58.5 Å². The maximum Gasteiger partial charge on any atom is 0.161 e. The molecule has 3 aromatic carbocycles. The van der Waals surface area contributed by atoms with Crippen LogP contribution in [0.15, 0.2) is 67.0 Å². The second kappa shape index (κ2) is 18.0. The molecule has 5 rings (SSSR count). The third kappa shape index (κ3) is 9.60. The Kier molecular flexibility index (Phi) is 13.5. The van der Waals surface area contributed by atoms with Crippen LogP contribution in [0.4, 0.5) is 0 Å². The molecule has 0 saturated heterocycles.